The van der Waals surface area contributed by atoms with E-state index in [1.807, 2.05) is 31.1 Å². The van der Waals surface area contributed by atoms with Crippen molar-refractivity contribution in [3.05, 3.63) is 34.9 Å². The topological polar surface area (TPSA) is 38.8 Å². The van der Waals surface area contributed by atoms with Gasteiger partial charge in [-0.05, 0) is 31.8 Å². The predicted molar refractivity (Wildman–Crippen MR) is 75.3 cm³/mol. The minimum absolute atomic E-state index is 0.275. The van der Waals surface area contributed by atoms with Gasteiger partial charge in [0.15, 0.2) is 0 Å². The minimum atomic E-state index is -0.443. The van der Waals surface area contributed by atoms with E-state index in [-0.39, 0.29) is 5.97 Å². The molecule has 0 saturated carbocycles. The van der Waals surface area contributed by atoms with E-state index in [0.717, 1.165) is 5.56 Å². The van der Waals surface area contributed by atoms with Gasteiger partial charge in [0.2, 0.25) is 0 Å². The molecule has 1 atom stereocenters. The van der Waals surface area contributed by atoms with Crippen LogP contribution >= 0.6 is 11.6 Å². The molecule has 0 aromatic heterocycles. The van der Waals surface area contributed by atoms with Crippen molar-refractivity contribution in [1.29, 1.82) is 0 Å². The SMILES string of the molecule is COCCCOC(=O)C(c1cccc(Cl)c1)N(C)C. The normalized spacial score (nSPS) is 12.5. The Morgan fingerprint density at radius 1 is 1.37 bits per heavy atom. The molecule has 0 fully saturated rings. The molecule has 0 aliphatic rings. The minimum Gasteiger partial charge on any atom is -0.464 e. The van der Waals surface area contributed by atoms with Crippen LogP contribution in [0.2, 0.25) is 5.02 Å². The smallest absolute Gasteiger partial charge is 0.327 e. The Morgan fingerprint density at radius 2 is 2.11 bits per heavy atom. The number of hydrogen-bond acceptors (Lipinski definition) is 4. The number of methoxy groups -OCH3 is 1. The third-order valence-corrected chi connectivity index (χ3v) is 2.88. The molecule has 0 heterocycles. The zero-order valence-corrected chi connectivity index (χ0v) is 12.3. The summed E-state index contributed by atoms with van der Waals surface area (Å²) in [6, 6.07) is 6.81. The number of ether oxygens (including phenoxy) is 2. The number of benzene rings is 1. The third-order valence-electron chi connectivity index (χ3n) is 2.64. The molecule has 0 N–H and O–H groups in total. The fourth-order valence-corrected chi connectivity index (χ4v) is 1.98. The first kappa shape index (κ1) is 16.0. The highest BCUT2D eigenvalue weighted by atomic mass is 35.5. The van der Waals surface area contributed by atoms with Gasteiger partial charge < -0.3 is 9.47 Å². The van der Waals surface area contributed by atoms with Crippen molar-refractivity contribution in [2.24, 2.45) is 0 Å². The first-order valence-electron chi connectivity index (χ1n) is 6.13. The van der Waals surface area contributed by atoms with E-state index in [1.54, 1.807) is 19.2 Å². The van der Waals surface area contributed by atoms with Gasteiger partial charge in [0.1, 0.15) is 6.04 Å². The number of rotatable bonds is 7. The van der Waals surface area contributed by atoms with Crippen LogP contribution in [0.4, 0.5) is 0 Å². The van der Waals surface area contributed by atoms with Crippen molar-refractivity contribution in [2.45, 2.75) is 12.5 Å². The lowest BCUT2D eigenvalue weighted by Gasteiger charge is -2.23. The van der Waals surface area contributed by atoms with Gasteiger partial charge in [-0.3, -0.25) is 4.90 Å². The van der Waals surface area contributed by atoms with Gasteiger partial charge in [0.05, 0.1) is 6.61 Å². The monoisotopic (exact) mass is 285 g/mol. The van der Waals surface area contributed by atoms with Crippen LogP contribution < -0.4 is 0 Å². The van der Waals surface area contributed by atoms with E-state index in [0.29, 0.717) is 24.7 Å². The first-order chi connectivity index (χ1) is 9.06. The van der Waals surface area contributed by atoms with Crippen molar-refractivity contribution in [3.8, 4) is 0 Å². The first-order valence-corrected chi connectivity index (χ1v) is 6.51. The number of likely N-dealkylation sites (N-methyl/N-ethyl adjacent to an activating group) is 1. The maximum absolute atomic E-state index is 12.1. The number of halogens is 1. The average molecular weight is 286 g/mol. The third kappa shape index (κ3) is 5.19. The molecule has 0 amide bonds. The molecule has 1 aromatic carbocycles. The molecular formula is C14H20ClNO3. The van der Waals surface area contributed by atoms with E-state index in [2.05, 4.69) is 0 Å². The van der Waals surface area contributed by atoms with Gasteiger partial charge in [-0.25, -0.2) is 4.79 Å². The summed E-state index contributed by atoms with van der Waals surface area (Å²) in [6.45, 7) is 0.939. The lowest BCUT2D eigenvalue weighted by atomic mass is 10.1. The van der Waals surface area contributed by atoms with Gasteiger partial charge in [0, 0.05) is 25.2 Å². The van der Waals surface area contributed by atoms with Gasteiger partial charge in [-0.2, -0.15) is 0 Å². The van der Waals surface area contributed by atoms with Gasteiger partial charge >= 0.3 is 5.97 Å². The predicted octanol–water partition coefficient (Wildman–Crippen LogP) is 2.52. The van der Waals surface area contributed by atoms with E-state index < -0.39 is 6.04 Å². The summed E-state index contributed by atoms with van der Waals surface area (Å²) in [5, 5.41) is 0.608. The number of hydrogen-bond donors (Lipinski definition) is 0. The number of carbonyl (C=O) groups is 1. The van der Waals surface area contributed by atoms with Crippen molar-refractivity contribution in [1.82, 2.24) is 4.90 Å². The van der Waals surface area contributed by atoms with Crippen molar-refractivity contribution in [2.75, 3.05) is 34.4 Å². The molecule has 0 radical (unpaired) electrons. The number of carbonyl (C=O) groups excluding carboxylic acids is 1. The van der Waals surface area contributed by atoms with Crippen molar-refractivity contribution < 1.29 is 14.3 Å². The van der Waals surface area contributed by atoms with Crippen LogP contribution in [-0.4, -0.2) is 45.3 Å². The van der Waals surface area contributed by atoms with Gasteiger partial charge in [-0.15, -0.1) is 0 Å². The second-order valence-electron chi connectivity index (χ2n) is 4.44. The van der Waals surface area contributed by atoms with E-state index >= 15 is 0 Å². The van der Waals surface area contributed by atoms with Crippen molar-refractivity contribution in [3.63, 3.8) is 0 Å². The van der Waals surface area contributed by atoms with Gasteiger partial charge in [-0.1, -0.05) is 23.7 Å². The molecule has 5 heteroatoms. The van der Waals surface area contributed by atoms with Crippen molar-refractivity contribution >= 4 is 17.6 Å². The Labute approximate surface area is 119 Å². The van der Waals surface area contributed by atoms with Crippen LogP contribution in [-0.2, 0) is 14.3 Å². The Morgan fingerprint density at radius 3 is 2.68 bits per heavy atom. The highest BCUT2D eigenvalue weighted by molar-refractivity contribution is 6.30. The Kier molecular flexibility index (Phi) is 6.84. The van der Waals surface area contributed by atoms with E-state index in [1.165, 1.54) is 0 Å². The van der Waals surface area contributed by atoms with Crippen LogP contribution in [0.1, 0.15) is 18.0 Å². The number of nitrogens with zero attached hydrogens (tertiary/aromatic N) is 1. The molecule has 106 valence electrons. The molecule has 1 rings (SSSR count). The lowest BCUT2D eigenvalue weighted by molar-refractivity contribution is -0.149. The average Bonchev–Trinajstić information content (AvgIpc) is 2.34. The molecule has 0 spiro atoms. The summed E-state index contributed by atoms with van der Waals surface area (Å²) in [5.41, 5.74) is 0.828. The van der Waals surface area contributed by atoms with Crippen LogP contribution in [0.25, 0.3) is 0 Å². The molecule has 1 aromatic rings. The number of esters is 1. The molecule has 0 aliphatic heterocycles. The summed E-state index contributed by atoms with van der Waals surface area (Å²) in [4.78, 5) is 13.9. The Hall–Kier alpha value is -1.10. The second-order valence-corrected chi connectivity index (χ2v) is 4.87. The summed E-state index contributed by atoms with van der Waals surface area (Å²) in [7, 11) is 5.29. The maximum atomic E-state index is 12.1. The fourth-order valence-electron chi connectivity index (χ4n) is 1.78. The quantitative estimate of drug-likeness (QED) is 0.570. The highest BCUT2D eigenvalue weighted by Crippen LogP contribution is 2.22. The zero-order chi connectivity index (χ0) is 14.3. The van der Waals surface area contributed by atoms with E-state index in [4.69, 9.17) is 21.1 Å². The lowest BCUT2D eigenvalue weighted by Crippen LogP contribution is -2.29. The van der Waals surface area contributed by atoms with Crippen LogP contribution in [0, 0.1) is 0 Å². The van der Waals surface area contributed by atoms with Gasteiger partial charge in [0.25, 0.3) is 0 Å². The standard InChI is InChI=1S/C14H20ClNO3/c1-16(2)13(11-6-4-7-12(15)10-11)14(17)19-9-5-8-18-3/h4,6-7,10,13H,5,8-9H2,1-3H3. The Bertz CT molecular complexity index is 409. The summed E-state index contributed by atoms with van der Waals surface area (Å²) in [6.07, 6.45) is 0.692. The Balaban J connectivity index is 2.69. The maximum Gasteiger partial charge on any atom is 0.327 e. The largest absolute Gasteiger partial charge is 0.464 e. The zero-order valence-electron chi connectivity index (χ0n) is 11.6. The fraction of sp³-hybridized carbons (Fsp3) is 0.500. The highest BCUT2D eigenvalue weighted by Gasteiger charge is 2.24. The molecule has 0 bridgehead atoms. The van der Waals surface area contributed by atoms with Crippen LogP contribution in [0.3, 0.4) is 0 Å². The molecule has 4 nitrogen and oxygen atoms in total. The molecule has 19 heavy (non-hydrogen) atoms. The van der Waals surface area contributed by atoms with E-state index in [9.17, 15) is 4.79 Å². The molecule has 0 saturated heterocycles. The molecule has 0 aliphatic carbocycles. The summed E-state index contributed by atoms with van der Waals surface area (Å²) in [5.74, 6) is -0.275. The molecule has 1 unspecified atom stereocenters. The van der Waals surface area contributed by atoms with Crippen LogP contribution in [0.5, 0.6) is 0 Å². The van der Waals surface area contributed by atoms with Crippen LogP contribution in [0.15, 0.2) is 24.3 Å². The summed E-state index contributed by atoms with van der Waals surface area (Å²) < 4.78 is 10.2. The molecular weight excluding hydrogens is 266 g/mol. The second kappa shape index (κ2) is 8.15. The summed E-state index contributed by atoms with van der Waals surface area (Å²) >= 11 is 5.96.